The van der Waals surface area contributed by atoms with Crippen molar-refractivity contribution < 1.29 is 28.6 Å². The molecular formula is C20H20FNO5. The summed E-state index contributed by atoms with van der Waals surface area (Å²) in [7, 11) is 0. The number of carboxylic acid groups (broad SMARTS) is 1. The number of rotatable bonds is 9. The number of carbonyl (C=O) groups excluding carboxylic acids is 2. The second-order valence-electron chi connectivity index (χ2n) is 5.99. The molecule has 2 aromatic carbocycles. The maximum Gasteiger partial charge on any atom is 0.346 e. The standard InChI is InChI=1S/C20H20FNO5/c1-13-2-4-14(5-3-13)17(23)10-11-19(24)22-12-18(20(25)26)27-16-8-6-15(21)7-9-16/h2-9,18H,10-12H2,1H3,(H,22,24)(H,25,26). The Hall–Kier alpha value is -3.22. The van der Waals surface area contributed by atoms with E-state index in [-0.39, 0.29) is 30.9 Å². The lowest BCUT2D eigenvalue weighted by molar-refractivity contribution is -0.145. The molecule has 7 heteroatoms. The fourth-order valence-electron chi connectivity index (χ4n) is 2.26. The maximum atomic E-state index is 12.9. The number of aryl methyl sites for hydroxylation is 1. The summed E-state index contributed by atoms with van der Waals surface area (Å²) < 4.78 is 18.1. The van der Waals surface area contributed by atoms with Crippen LogP contribution in [-0.2, 0) is 9.59 Å². The Morgan fingerprint density at radius 1 is 1.04 bits per heavy atom. The van der Waals surface area contributed by atoms with Crippen LogP contribution >= 0.6 is 0 Å². The molecule has 27 heavy (non-hydrogen) atoms. The van der Waals surface area contributed by atoms with Gasteiger partial charge in [-0.3, -0.25) is 9.59 Å². The number of Topliss-reactive ketones (excluding diaryl/α,β-unsaturated/α-hetero) is 1. The zero-order valence-electron chi connectivity index (χ0n) is 14.8. The predicted molar refractivity (Wildman–Crippen MR) is 96.2 cm³/mol. The molecule has 2 aromatic rings. The highest BCUT2D eigenvalue weighted by atomic mass is 19.1. The van der Waals surface area contributed by atoms with Crippen LogP contribution in [0.1, 0.15) is 28.8 Å². The zero-order valence-corrected chi connectivity index (χ0v) is 14.8. The summed E-state index contributed by atoms with van der Waals surface area (Å²) in [5.74, 6) is -2.18. The van der Waals surface area contributed by atoms with Gasteiger partial charge < -0.3 is 15.2 Å². The topological polar surface area (TPSA) is 92.7 Å². The van der Waals surface area contributed by atoms with Crippen molar-refractivity contribution in [2.75, 3.05) is 6.54 Å². The Morgan fingerprint density at radius 3 is 2.26 bits per heavy atom. The van der Waals surface area contributed by atoms with Gasteiger partial charge in [0.05, 0.1) is 6.54 Å². The summed E-state index contributed by atoms with van der Waals surface area (Å²) in [5, 5.41) is 11.6. The van der Waals surface area contributed by atoms with Gasteiger partial charge in [0.25, 0.3) is 0 Å². The third-order valence-corrected chi connectivity index (χ3v) is 3.80. The molecular weight excluding hydrogens is 353 g/mol. The van der Waals surface area contributed by atoms with Gasteiger partial charge in [-0.25, -0.2) is 9.18 Å². The van der Waals surface area contributed by atoms with E-state index in [2.05, 4.69) is 5.32 Å². The third-order valence-electron chi connectivity index (χ3n) is 3.80. The molecule has 0 aromatic heterocycles. The first kappa shape index (κ1) is 20.1. The normalized spacial score (nSPS) is 11.5. The second-order valence-corrected chi connectivity index (χ2v) is 5.99. The van der Waals surface area contributed by atoms with Gasteiger partial charge in [-0.15, -0.1) is 0 Å². The number of ketones is 1. The van der Waals surface area contributed by atoms with Gasteiger partial charge in [-0.05, 0) is 31.2 Å². The van der Waals surface area contributed by atoms with Gasteiger partial charge in [0.1, 0.15) is 11.6 Å². The van der Waals surface area contributed by atoms with Gasteiger partial charge in [0.2, 0.25) is 12.0 Å². The smallest absolute Gasteiger partial charge is 0.346 e. The van der Waals surface area contributed by atoms with E-state index < -0.39 is 23.8 Å². The fraction of sp³-hybridized carbons (Fsp3) is 0.250. The van der Waals surface area contributed by atoms with Crippen LogP contribution in [0.3, 0.4) is 0 Å². The molecule has 0 aliphatic carbocycles. The van der Waals surface area contributed by atoms with Crippen LogP contribution in [-0.4, -0.2) is 35.4 Å². The van der Waals surface area contributed by atoms with Crippen LogP contribution in [0.15, 0.2) is 48.5 Å². The van der Waals surface area contributed by atoms with Gasteiger partial charge in [-0.2, -0.15) is 0 Å². The quantitative estimate of drug-likeness (QED) is 0.660. The summed E-state index contributed by atoms with van der Waals surface area (Å²) in [4.78, 5) is 35.2. The van der Waals surface area contributed by atoms with Crippen LogP contribution < -0.4 is 10.1 Å². The lowest BCUT2D eigenvalue weighted by atomic mass is 10.0. The van der Waals surface area contributed by atoms with E-state index in [1.165, 1.54) is 12.1 Å². The van der Waals surface area contributed by atoms with Crippen molar-refractivity contribution in [2.45, 2.75) is 25.9 Å². The molecule has 2 N–H and O–H groups in total. The Kier molecular flexibility index (Phi) is 7.05. The Balaban J connectivity index is 1.81. The van der Waals surface area contributed by atoms with Crippen molar-refractivity contribution in [3.8, 4) is 5.75 Å². The van der Waals surface area contributed by atoms with Gasteiger partial charge >= 0.3 is 5.97 Å². The van der Waals surface area contributed by atoms with Crippen molar-refractivity contribution in [3.63, 3.8) is 0 Å². The molecule has 1 atom stereocenters. The van der Waals surface area contributed by atoms with Crippen LogP contribution in [0.4, 0.5) is 4.39 Å². The number of halogens is 1. The molecule has 1 unspecified atom stereocenters. The Labute approximate surface area is 156 Å². The number of carboxylic acids is 1. The largest absolute Gasteiger partial charge is 0.478 e. The van der Waals surface area contributed by atoms with E-state index in [1.54, 1.807) is 12.1 Å². The SMILES string of the molecule is Cc1ccc(C(=O)CCC(=O)NCC(Oc2ccc(F)cc2)C(=O)O)cc1. The number of hydrogen-bond acceptors (Lipinski definition) is 4. The number of aliphatic carboxylic acids is 1. The van der Waals surface area contributed by atoms with Crippen LogP contribution in [0.2, 0.25) is 0 Å². The second kappa shape index (κ2) is 9.47. The Morgan fingerprint density at radius 2 is 1.67 bits per heavy atom. The summed E-state index contributed by atoms with van der Waals surface area (Å²) in [6, 6.07) is 11.9. The third kappa shape index (κ3) is 6.54. The number of amides is 1. The van der Waals surface area contributed by atoms with Gasteiger partial charge in [-0.1, -0.05) is 29.8 Å². The van der Waals surface area contributed by atoms with E-state index in [9.17, 15) is 23.9 Å². The molecule has 0 fully saturated rings. The van der Waals surface area contributed by atoms with E-state index in [0.29, 0.717) is 5.56 Å². The van der Waals surface area contributed by atoms with E-state index in [1.807, 2.05) is 19.1 Å². The summed E-state index contributed by atoms with van der Waals surface area (Å²) in [6.45, 7) is 1.64. The number of nitrogens with one attached hydrogen (secondary N) is 1. The fourth-order valence-corrected chi connectivity index (χ4v) is 2.26. The lowest BCUT2D eigenvalue weighted by Crippen LogP contribution is -2.40. The minimum Gasteiger partial charge on any atom is -0.478 e. The number of ether oxygens (including phenoxy) is 1. The molecule has 0 saturated carbocycles. The summed E-state index contributed by atoms with van der Waals surface area (Å²) in [5.41, 5.74) is 1.56. The van der Waals surface area contributed by atoms with Gasteiger partial charge in [0.15, 0.2) is 5.78 Å². The summed E-state index contributed by atoms with van der Waals surface area (Å²) in [6.07, 6.45) is -1.37. The molecule has 0 bridgehead atoms. The molecule has 0 aliphatic heterocycles. The van der Waals surface area contributed by atoms with Gasteiger partial charge in [0, 0.05) is 18.4 Å². The average Bonchev–Trinajstić information content (AvgIpc) is 2.65. The Bertz CT molecular complexity index is 802. The first-order valence-corrected chi connectivity index (χ1v) is 8.37. The van der Waals surface area contributed by atoms with E-state index >= 15 is 0 Å². The summed E-state index contributed by atoms with van der Waals surface area (Å²) >= 11 is 0. The van der Waals surface area contributed by atoms with Crippen LogP contribution in [0.25, 0.3) is 0 Å². The molecule has 0 spiro atoms. The number of benzene rings is 2. The maximum absolute atomic E-state index is 12.9. The molecule has 1 amide bonds. The van der Waals surface area contributed by atoms with Crippen molar-refractivity contribution in [2.24, 2.45) is 0 Å². The molecule has 0 heterocycles. The average molecular weight is 373 g/mol. The first-order chi connectivity index (χ1) is 12.8. The van der Waals surface area contributed by atoms with Crippen LogP contribution in [0, 0.1) is 12.7 Å². The molecule has 142 valence electrons. The monoisotopic (exact) mass is 373 g/mol. The van der Waals surface area contributed by atoms with E-state index in [0.717, 1.165) is 17.7 Å². The number of carbonyl (C=O) groups is 3. The van der Waals surface area contributed by atoms with Crippen molar-refractivity contribution in [1.29, 1.82) is 0 Å². The molecule has 0 aliphatic rings. The van der Waals surface area contributed by atoms with Crippen molar-refractivity contribution >= 4 is 17.7 Å². The minimum absolute atomic E-state index is 0.0193. The number of hydrogen-bond donors (Lipinski definition) is 2. The van der Waals surface area contributed by atoms with Crippen LogP contribution in [0.5, 0.6) is 5.75 Å². The molecule has 6 nitrogen and oxygen atoms in total. The minimum atomic E-state index is -1.33. The highest BCUT2D eigenvalue weighted by Gasteiger charge is 2.20. The molecule has 2 rings (SSSR count). The predicted octanol–water partition coefficient (Wildman–Crippen LogP) is 2.75. The first-order valence-electron chi connectivity index (χ1n) is 8.37. The zero-order chi connectivity index (χ0) is 19.8. The molecule has 0 saturated heterocycles. The molecule has 0 radical (unpaired) electrons. The lowest BCUT2D eigenvalue weighted by Gasteiger charge is -2.15. The van der Waals surface area contributed by atoms with Crippen molar-refractivity contribution in [3.05, 3.63) is 65.5 Å². The highest BCUT2D eigenvalue weighted by Crippen LogP contribution is 2.13. The van der Waals surface area contributed by atoms with E-state index in [4.69, 9.17) is 4.74 Å². The van der Waals surface area contributed by atoms with Crippen molar-refractivity contribution in [1.82, 2.24) is 5.32 Å². The highest BCUT2D eigenvalue weighted by molar-refractivity contribution is 5.98.